The van der Waals surface area contributed by atoms with Gasteiger partial charge in [0, 0.05) is 5.54 Å². The molecule has 106 valence electrons. The molecule has 2 atom stereocenters. The average Bonchev–Trinajstić information content (AvgIpc) is 2.27. The lowest BCUT2D eigenvalue weighted by Gasteiger charge is -2.39. The molecular formula is C16H23BrFN. The van der Waals surface area contributed by atoms with Gasteiger partial charge in [-0.3, -0.25) is 0 Å². The Morgan fingerprint density at radius 2 is 1.95 bits per heavy atom. The summed E-state index contributed by atoms with van der Waals surface area (Å²) in [6.45, 7) is 7.71. The molecule has 1 aliphatic rings. The van der Waals surface area contributed by atoms with Crippen LogP contribution in [0.1, 0.15) is 39.2 Å². The van der Waals surface area contributed by atoms with E-state index in [0.29, 0.717) is 4.47 Å². The molecule has 1 aliphatic carbocycles. The van der Waals surface area contributed by atoms with Crippen molar-refractivity contribution >= 4 is 15.9 Å². The van der Waals surface area contributed by atoms with Gasteiger partial charge in [0.05, 0.1) is 4.47 Å². The van der Waals surface area contributed by atoms with E-state index in [-0.39, 0.29) is 11.4 Å². The van der Waals surface area contributed by atoms with Gasteiger partial charge in [-0.2, -0.15) is 0 Å². The number of nitrogens with one attached hydrogen (secondary N) is 1. The van der Waals surface area contributed by atoms with E-state index in [1.54, 1.807) is 6.07 Å². The van der Waals surface area contributed by atoms with E-state index in [4.69, 9.17) is 0 Å². The predicted octanol–water partition coefficient (Wildman–Crippen LogP) is 4.55. The van der Waals surface area contributed by atoms with Gasteiger partial charge >= 0.3 is 0 Å². The fourth-order valence-corrected chi connectivity index (χ4v) is 3.01. The molecular weight excluding hydrogens is 305 g/mol. The molecule has 0 aromatic heterocycles. The van der Waals surface area contributed by atoms with Gasteiger partial charge < -0.3 is 5.32 Å². The fourth-order valence-electron chi connectivity index (χ4n) is 2.58. The van der Waals surface area contributed by atoms with Crippen LogP contribution >= 0.6 is 15.9 Å². The standard InChI is InChI=1S/C16H23BrFN/c1-16(2,3)19-10-13-6-5-12(13)8-11-4-7-15(18)14(17)9-11/h4,7,9,12-13,19H,5-6,8,10H2,1-3H3. The lowest BCUT2D eigenvalue weighted by molar-refractivity contribution is 0.159. The molecule has 19 heavy (non-hydrogen) atoms. The molecule has 3 heteroatoms. The molecule has 2 unspecified atom stereocenters. The third-order valence-corrected chi connectivity index (χ3v) is 4.56. The number of hydrogen-bond donors (Lipinski definition) is 1. The maximum atomic E-state index is 13.2. The van der Waals surface area contributed by atoms with Crippen LogP contribution in [0.3, 0.4) is 0 Å². The summed E-state index contributed by atoms with van der Waals surface area (Å²) in [7, 11) is 0. The molecule has 0 saturated heterocycles. The van der Waals surface area contributed by atoms with Crippen molar-refractivity contribution in [1.29, 1.82) is 0 Å². The van der Waals surface area contributed by atoms with Gasteiger partial charge in [-0.1, -0.05) is 6.07 Å². The van der Waals surface area contributed by atoms with Gasteiger partial charge in [0.1, 0.15) is 5.82 Å². The number of benzene rings is 1. The van der Waals surface area contributed by atoms with Crippen LogP contribution in [-0.4, -0.2) is 12.1 Å². The van der Waals surface area contributed by atoms with Gasteiger partial charge in [-0.05, 0) is 92.0 Å². The Kier molecular flexibility index (Phi) is 4.67. The Morgan fingerprint density at radius 3 is 2.47 bits per heavy atom. The van der Waals surface area contributed by atoms with Crippen LogP contribution in [0.2, 0.25) is 0 Å². The number of hydrogen-bond acceptors (Lipinski definition) is 1. The van der Waals surface area contributed by atoms with Crippen LogP contribution in [0, 0.1) is 17.7 Å². The molecule has 1 aromatic carbocycles. The van der Waals surface area contributed by atoms with Gasteiger partial charge in [0.15, 0.2) is 0 Å². The van der Waals surface area contributed by atoms with Gasteiger partial charge in [-0.15, -0.1) is 0 Å². The second-order valence-corrected chi connectivity index (χ2v) is 7.54. The zero-order valence-corrected chi connectivity index (χ0v) is 13.6. The fraction of sp³-hybridized carbons (Fsp3) is 0.625. The Labute approximate surface area is 124 Å². The summed E-state index contributed by atoms with van der Waals surface area (Å²) in [6, 6.07) is 5.38. The van der Waals surface area contributed by atoms with Crippen molar-refractivity contribution in [2.24, 2.45) is 11.8 Å². The van der Waals surface area contributed by atoms with Crippen LogP contribution in [-0.2, 0) is 6.42 Å². The summed E-state index contributed by atoms with van der Waals surface area (Å²) in [6.07, 6.45) is 3.68. The van der Waals surface area contributed by atoms with Crippen LogP contribution in [0.4, 0.5) is 4.39 Å². The minimum absolute atomic E-state index is 0.177. The first-order chi connectivity index (χ1) is 8.85. The molecule has 1 nitrogen and oxygen atoms in total. The molecule has 1 saturated carbocycles. The third kappa shape index (κ3) is 4.28. The van der Waals surface area contributed by atoms with Crippen LogP contribution in [0.15, 0.2) is 22.7 Å². The molecule has 0 amide bonds. The van der Waals surface area contributed by atoms with Crippen molar-refractivity contribution in [1.82, 2.24) is 5.32 Å². The summed E-state index contributed by atoms with van der Waals surface area (Å²) in [5.74, 6) is 1.33. The highest BCUT2D eigenvalue weighted by Crippen LogP contribution is 2.37. The monoisotopic (exact) mass is 327 g/mol. The van der Waals surface area contributed by atoms with E-state index < -0.39 is 0 Å². The molecule has 1 N–H and O–H groups in total. The number of halogens is 2. The smallest absolute Gasteiger partial charge is 0.137 e. The highest BCUT2D eigenvalue weighted by molar-refractivity contribution is 9.10. The zero-order chi connectivity index (χ0) is 14.0. The maximum absolute atomic E-state index is 13.2. The summed E-state index contributed by atoms with van der Waals surface area (Å²) in [5, 5.41) is 3.59. The van der Waals surface area contributed by atoms with E-state index in [2.05, 4.69) is 42.0 Å². The van der Waals surface area contributed by atoms with E-state index in [9.17, 15) is 4.39 Å². The van der Waals surface area contributed by atoms with Crippen molar-refractivity contribution in [3.8, 4) is 0 Å². The van der Waals surface area contributed by atoms with Crippen LogP contribution in [0.5, 0.6) is 0 Å². The minimum atomic E-state index is -0.177. The summed E-state index contributed by atoms with van der Waals surface area (Å²) >= 11 is 3.26. The SMILES string of the molecule is CC(C)(C)NCC1CCC1Cc1ccc(F)c(Br)c1. The van der Waals surface area contributed by atoms with Crippen LogP contribution in [0.25, 0.3) is 0 Å². The van der Waals surface area contributed by atoms with E-state index in [1.165, 1.54) is 18.4 Å². The Bertz CT molecular complexity index is 439. The Hall–Kier alpha value is -0.410. The van der Waals surface area contributed by atoms with Crippen molar-refractivity contribution < 1.29 is 4.39 Å². The highest BCUT2D eigenvalue weighted by atomic mass is 79.9. The maximum Gasteiger partial charge on any atom is 0.137 e. The van der Waals surface area contributed by atoms with E-state index >= 15 is 0 Å². The molecule has 0 heterocycles. The lowest BCUT2D eigenvalue weighted by Crippen LogP contribution is -2.44. The first-order valence-electron chi connectivity index (χ1n) is 7.04. The highest BCUT2D eigenvalue weighted by Gasteiger charge is 2.31. The minimum Gasteiger partial charge on any atom is -0.312 e. The Balaban J connectivity index is 1.87. The summed E-state index contributed by atoms with van der Waals surface area (Å²) in [4.78, 5) is 0. The Morgan fingerprint density at radius 1 is 1.26 bits per heavy atom. The van der Waals surface area contributed by atoms with Gasteiger partial charge in [-0.25, -0.2) is 4.39 Å². The van der Waals surface area contributed by atoms with Gasteiger partial charge in [0.25, 0.3) is 0 Å². The summed E-state index contributed by atoms with van der Waals surface area (Å²) < 4.78 is 13.8. The molecule has 1 aromatic rings. The van der Waals surface area contributed by atoms with Crippen molar-refractivity contribution in [2.45, 2.75) is 45.6 Å². The first kappa shape index (κ1) is 15.0. The average molecular weight is 328 g/mol. The predicted molar refractivity (Wildman–Crippen MR) is 81.8 cm³/mol. The van der Waals surface area contributed by atoms with E-state index in [1.807, 2.05) is 12.1 Å². The number of rotatable bonds is 4. The van der Waals surface area contributed by atoms with E-state index in [0.717, 1.165) is 24.8 Å². The topological polar surface area (TPSA) is 12.0 Å². The van der Waals surface area contributed by atoms with Crippen molar-refractivity contribution in [2.75, 3.05) is 6.54 Å². The molecule has 0 bridgehead atoms. The first-order valence-corrected chi connectivity index (χ1v) is 7.83. The second kappa shape index (κ2) is 5.92. The molecule has 0 spiro atoms. The third-order valence-electron chi connectivity index (χ3n) is 3.95. The molecule has 0 radical (unpaired) electrons. The second-order valence-electron chi connectivity index (χ2n) is 6.68. The van der Waals surface area contributed by atoms with Crippen LogP contribution < -0.4 is 5.32 Å². The molecule has 1 fully saturated rings. The lowest BCUT2D eigenvalue weighted by atomic mass is 9.70. The van der Waals surface area contributed by atoms with Crippen molar-refractivity contribution in [3.05, 3.63) is 34.1 Å². The largest absolute Gasteiger partial charge is 0.312 e. The molecule has 0 aliphatic heterocycles. The normalized spacial score (nSPS) is 23.2. The molecule has 2 rings (SSSR count). The quantitative estimate of drug-likeness (QED) is 0.855. The summed E-state index contributed by atoms with van der Waals surface area (Å²) in [5.41, 5.74) is 1.43. The van der Waals surface area contributed by atoms with Crippen molar-refractivity contribution in [3.63, 3.8) is 0 Å². The zero-order valence-electron chi connectivity index (χ0n) is 12.0. The van der Waals surface area contributed by atoms with Gasteiger partial charge in [0.2, 0.25) is 0 Å².